The monoisotopic (exact) mass is 664 g/mol. The number of nitrogens with zero attached hydrogens (tertiary/aromatic N) is 5. The molecule has 4 heterocycles. The standard InChI is InChI=1S/C36H37FN8O4/c1-3-38-35-43-42-33(49-35)26-6-4-23(5-7-26)24-14-17-45(18-15-24)31(46)21-44-19-16-36(22-44,48-2)34(47)39-28-12-13-30-29(20-28)32(41-40-30)25-8-10-27(37)11-9-25/h4-14,20H,3,15-19,21-22H2,1-2H3,(H,38,43)(H,39,47)(H,40,41)/t36-/m0/s1. The van der Waals surface area contributed by atoms with Crippen LogP contribution < -0.4 is 10.6 Å². The van der Waals surface area contributed by atoms with Crippen molar-refractivity contribution < 1.29 is 23.1 Å². The van der Waals surface area contributed by atoms with Gasteiger partial charge in [0.1, 0.15) is 5.82 Å². The smallest absolute Gasteiger partial charge is 0.315 e. The van der Waals surface area contributed by atoms with E-state index in [9.17, 15) is 14.0 Å². The molecule has 1 fully saturated rings. The molecule has 0 unspecified atom stereocenters. The summed E-state index contributed by atoms with van der Waals surface area (Å²) in [5.74, 6) is -0.119. The topological polar surface area (TPSA) is 142 Å². The van der Waals surface area contributed by atoms with Crippen LogP contribution in [0.25, 0.3) is 39.2 Å². The fourth-order valence-electron chi connectivity index (χ4n) is 6.44. The van der Waals surface area contributed by atoms with E-state index >= 15 is 0 Å². The third-order valence-corrected chi connectivity index (χ3v) is 9.23. The third kappa shape index (κ3) is 6.67. The molecule has 3 aromatic carbocycles. The lowest BCUT2D eigenvalue weighted by Crippen LogP contribution is -2.48. The Morgan fingerprint density at radius 3 is 2.53 bits per heavy atom. The first-order valence-electron chi connectivity index (χ1n) is 16.3. The van der Waals surface area contributed by atoms with Crippen molar-refractivity contribution in [1.82, 2.24) is 30.2 Å². The third-order valence-electron chi connectivity index (χ3n) is 9.23. The van der Waals surface area contributed by atoms with Crippen molar-refractivity contribution in [3.8, 4) is 22.7 Å². The minimum atomic E-state index is -1.10. The highest BCUT2D eigenvalue weighted by Gasteiger charge is 2.45. The van der Waals surface area contributed by atoms with Crippen molar-refractivity contribution in [2.45, 2.75) is 25.4 Å². The molecule has 2 aliphatic rings. The summed E-state index contributed by atoms with van der Waals surface area (Å²) in [6.07, 6.45) is 3.30. The molecule has 2 aliphatic heterocycles. The van der Waals surface area contributed by atoms with E-state index in [1.54, 1.807) is 18.2 Å². The van der Waals surface area contributed by atoms with E-state index in [0.717, 1.165) is 34.0 Å². The Hall–Kier alpha value is -5.40. The van der Waals surface area contributed by atoms with Crippen molar-refractivity contribution in [2.24, 2.45) is 0 Å². The van der Waals surface area contributed by atoms with Gasteiger partial charge in [-0.15, -0.1) is 5.10 Å². The first-order chi connectivity index (χ1) is 23.8. The predicted molar refractivity (Wildman–Crippen MR) is 184 cm³/mol. The van der Waals surface area contributed by atoms with Crippen molar-refractivity contribution in [2.75, 3.05) is 57.0 Å². The van der Waals surface area contributed by atoms with Crippen LogP contribution in [0, 0.1) is 5.82 Å². The maximum atomic E-state index is 13.6. The largest absolute Gasteiger partial charge is 0.403 e. The summed E-state index contributed by atoms with van der Waals surface area (Å²) < 4.78 is 24.9. The summed E-state index contributed by atoms with van der Waals surface area (Å²) in [5, 5.41) is 22.3. The first kappa shape index (κ1) is 32.2. The van der Waals surface area contributed by atoms with E-state index in [-0.39, 0.29) is 24.2 Å². The number of carbonyl (C=O) groups excluding carboxylic acids is 2. The van der Waals surface area contributed by atoms with Gasteiger partial charge in [0.05, 0.1) is 17.8 Å². The summed E-state index contributed by atoms with van der Waals surface area (Å²) in [6, 6.07) is 20.0. The van der Waals surface area contributed by atoms with Gasteiger partial charge in [-0.25, -0.2) is 4.39 Å². The molecule has 2 amide bonds. The number of H-pyrrole nitrogens is 1. The number of fused-ring (bicyclic) bond motifs is 1. The molecule has 0 aliphatic carbocycles. The van der Waals surface area contributed by atoms with Gasteiger partial charge in [-0.2, -0.15) is 5.10 Å². The first-order valence-corrected chi connectivity index (χ1v) is 16.3. The SMILES string of the molecule is CCNc1nnc(-c2ccc(C3=CCN(C(=O)CN4CC[C@@](OC)(C(=O)Nc5ccc6[nH]nc(-c7ccc(F)cc7)c6c5)C4)CC3)cc2)o1. The minimum absolute atomic E-state index is 0.0181. The number of hydrogen-bond acceptors (Lipinski definition) is 9. The zero-order valence-electron chi connectivity index (χ0n) is 27.3. The second-order valence-electron chi connectivity index (χ2n) is 12.3. The van der Waals surface area contributed by atoms with Crippen LogP contribution in [0.15, 0.2) is 77.2 Å². The maximum Gasteiger partial charge on any atom is 0.315 e. The van der Waals surface area contributed by atoms with Crippen LogP contribution >= 0.6 is 0 Å². The summed E-state index contributed by atoms with van der Waals surface area (Å²) in [4.78, 5) is 30.8. The summed E-state index contributed by atoms with van der Waals surface area (Å²) >= 11 is 0. The normalized spacial score (nSPS) is 18.1. The summed E-state index contributed by atoms with van der Waals surface area (Å²) in [5.41, 5.74) is 4.83. The molecule has 1 atom stereocenters. The second kappa shape index (κ2) is 13.6. The Kier molecular flexibility index (Phi) is 8.93. The molecule has 252 valence electrons. The van der Waals surface area contributed by atoms with Crippen molar-refractivity contribution in [3.05, 3.63) is 84.2 Å². The van der Waals surface area contributed by atoms with Crippen LogP contribution in [0.2, 0.25) is 0 Å². The van der Waals surface area contributed by atoms with E-state index in [0.29, 0.717) is 62.4 Å². The van der Waals surface area contributed by atoms with Crippen LogP contribution in [-0.2, 0) is 14.3 Å². The number of ether oxygens (including phenoxy) is 1. The van der Waals surface area contributed by atoms with Crippen LogP contribution in [0.5, 0.6) is 0 Å². The molecular formula is C36H37FN8O4. The number of amides is 2. The predicted octanol–water partition coefficient (Wildman–Crippen LogP) is 5.20. The Labute approximate surface area is 282 Å². The van der Waals surface area contributed by atoms with Gasteiger partial charge >= 0.3 is 6.01 Å². The van der Waals surface area contributed by atoms with E-state index in [1.165, 1.54) is 24.8 Å². The van der Waals surface area contributed by atoms with E-state index in [4.69, 9.17) is 9.15 Å². The Morgan fingerprint density at radius 1 is 1.02 bits per heavy atom. The number of benzene rings is 3. The summed E-state index contributed by atoms with van der Waals surface area (Å²) in [6.45, 7) is 4.86. The number of aromatic amines is 1. The molecule has 1 saturated heterocycles. The minimum Gasteiger partial charge on any atom is -0.403 e. The molecule has 7 rings (SSSR count). The van der Waals surface area contributed by atoms with E-state index in [1.807, 2.05) is 53.1 Å². The van der Waals surface area contributed by atoms with Crippen LogP contribution in [0.4, 0.5) is 16.1 Å². The van der Waals surface area contributed by atoms with Crippen molar-refractivity contribution in [1.29, 1.82) is 0 Å². The number of halogens is 1. The summed E-state index contributed by atoms with van der Waals surface area (Å²) in [7, 11) is 1.53. The molecular weight excluding hydrogens is 627 g/mol. The molecule has 13 heteroatoms. The lowest BCUT2D eigenvalue weighted by molar-refractivity contribution is -0.138. The molecule has 0 saturated carbocycles. The number of aromatic nitrogens is 4. The van der Waals surface area contributed by atoms with Crippen molar-refractivity contribution in [3.63, 3.8) is 0 Å². The molecule has 3 N–H and O–H groups in total. The number of hydrogen-bond donors (Lipinski definition) is 3. The average molecular weight is 665 g/mol. The number of methoxy groups -OCH3 is 1. The zero-order valence-corrected chi connectivity index (χ0v) is 27.3. The Bertz CT molecular complexity index is 2010. The Morgan fingerprint density at radius 2 is 1.80 bits per heavy atom. The lowest BCUT2D eigenvalue weighted by Gasteiger charge is -2.30. The molecule has 5 aromatic rings. The second-order valence-corrected chi connectivity index (χ2v) is 12.3. The van der Waals surface area contributed by atoms with Gasteiger partial charge < -0.3 is 24.7 Å². The Balaban J connectivity index is 0.947. The quantitative estimate of drug-likeness (QED) is 0.184. The number of carbonyl (C=O) groups is 2. The van der Waals surface area contributed by atoms with Crippen molar-refractivity contribution >= 4 is 40.0 Å². The number of rotatable bonds is 10. The molecule has 0 radical (unpaired) electrons. The maximum absolute atomic E-state index is 13.6. The molecule has 49 heavy (non-hydrogen) atoms. The number of anilines is 2. The van der Waals surface area contributed by atoms with Gasteiger partial charge in [-0.3, -0.25) is 19.6 Å². The zero-order chi connectivity index (χ0) is 34.0. The molecule has 0 bridgehead atoms. The van der Waals surface area contributed by atoms with Gasteiger partial charge in [0.25, 0.3) is 5.91 Å². The van der Waals surface area contributed by atoms with Crippen LogP contribution in [0.1, 0.15) is 25.3 Å². The van der Waals surface area contributed by atoms with Gasteiger partial charge in [0.2, 0.25) is 11.8 Å². The van der Waals surface area contributed by atoms with Gasteiger partial charge in [-0.1, -0.05) is 23.3 Å². The van der Waals surface area contributed by atoms with Gasteiger partial charge in [0.15, 0.2) is 5.60 Å². The van der Waals surface area contributed by atoms with Crippen LogP contribution in [0.3, 0.4) is 0 Å². The molecule has 12 nitrogen and oxygen atoms in total. The highest BCUT2D eigenvalue weighted by molar-refractivity contribution is 6.01. The van der Waals surface area contributed by atoms with Gasteiger partial charge in [-0.05, 0) is 85.5 Å². The van der Waals surface area contributed by atoms with E-state index in [2.05, 4.69) is 37.1 Å². The number of nitrogens with one attached hydrogen (secondary N) is 3. The van der Waals surface area contributed by atoms with Crippen LogP contribution in [-0.4, -0.2) is 94.0 Å². The fourth-order valence-corrected chi connectivity index (χ4v) is 6.44. The molecule has 2 aromatic heterocycles. The highest BCUT2D eigenvalue weighted by atomic mass is 19.1. The molecule has 0 spiro atoms. The van der Waals surface area contributed by atoms with E-state index < -0.39 is 5.60 Å². The average Bonchev–Trinajstić information content (AvgIpc) is 3.88. The fraction of sp³-hybridized carbons (Fsp3) is 0.306. The lowest BCUT2D eigenvalue weighted by atomic mass is 9.98. The van der Waals surface area contributed by atoms with Gasteiger partial charge in [0, 0.05) is 62.0 Å². The highest BCUT2D eigenvalue weighted by Crippen LogP contribution is 2.32. The number of likely N-dealkylation sites (tertiary alicyclic amines) is 1.